The molecule has 28 heavy (non-hydrogen) atoms. The van der Waals surface area contributed by atoms with Crippen molar-refractivity contribution in [1.82, 2.24) is 4.98 Å². The predicted octanol–water partition coefficient (Wildman–Crippen LogP) is 5.20. The number of carbonyl (C=O) groups excluding carboxylic acids is 1. The maximum absolute atomic E-state index is 13.1. The molecule has 146 valence electrons. The zero-order valence-electron chi connectivity index (χ0n) is 14.7. The van der Waals surface area contributed by atoms with Gasteiger partial charge in [-0.2, -0.15) is 0 Å². The molecule has 3 heterocycles. The molecule has 0 saturated heterocycles. The third-order valence-corrected chi connectivity index (χ3v) is 5.24. The number of hydrogen-bond donors (Lipinski definition) is 0. The molecular weight excluding hydrogens is 393 g/mol. The van der Waals surface area contributed by atoms with E-state index in [9.17, 15) is 18.0 Å². The first-order valence-corrected chi connectivity index (χ1v) is 9.41. The summed E-state index contributed by atoms with van der Waals surface area (Å²) < 4.78 is 47.0. The van der Waals surface area contributed by atoms with E-state index in [4.69, 9.17) is 4.42 Å². The molecule has 4 rings (SSSR count). The highest BCUT2D eigenvalue weighted by Crippen LogP contribution is 2.34. The summed E-state index contributed by atoms with van der Waals surface area (Å²) in [4.78, 5) is 19.8. The van der Waals surface area contributed by atoms with Gasteiger partial charge in [-0.25, -0.2) is 4.98 Å². The number of oxazole rings is 1. The third-order valence-electron chi connectivity index (χ3n) is 4.38. The van der Waals surface area contributed by atoms with Crippen molar-refractivity contribution in [2.75, 3.05) is 11.4 Å². The molecule has 0 bridgehead atoms. The van der Waals surface area contributed by atoms with E-state index in [1.165, 1.54) is 34.4 Å². The standard InChI is InChI=1S/C19H15F3N2O3S/c1-11-16(23-17(26-11)15-5-3-9-28-15)18(25)24-8-2-4-12-10-13(6-7-14(12)24)27-19(20,21)22/h3,5-7,9-10H,2,4,8H2,1H3. The number of amides is 1. The number of fused-ring (bicyclic) bond motifs is 1. The second kappa shape index (κ2) is 6.97. The number of alkyl halides is 3. The van der Waals surface area contributed by atoms with Gasteiger partial charge in [-0.15, -0.1) is 24.5 Å². The number of hydrogen-bond acceptors (Lipinski definition) is 5. The second-order valence-electron chi connectivity index (χ2n) is 6.30. The number of nitrogens with zero attached hydrogens (tertiary/aromatic N) is 2. The number of carbonyl (C=O) groups is 1. The van der Waals surface area contributed by atoms with Gasteiger partial charge in [0.05, 0.1) is 4.88 Å². The number of anilines is 1. The van der Waals surface area contributed by atoms with E-state index < -0.39 is 6.36 Å². The first-order chi connectivity index (χ1) is 13.3. The maximum Gasteiger partial charge on any atom is 0.573 e. The van der Waals surface area contributed by atoms with Crippen molar-refractivity contribution < 1.29 is 27.1 Å². The number of aromatic nitrogens is 1. The first kappa shape index (κ1) is 18.5. The van der Waals surface area contributed by atoms with Crippen LogP contribution in [-0.2, 0) is 6.42 Å². The molecule has 0 N–H and O–H groups in total. The molecule has 0 aliphatic carbocycles. The van der Waals surface area contributed by atoms with Gasteiger partial charge in [0.2, 0.25) is 5.89 Å². The Bertz CT molecular complexity index is 1010. The van der Waals surface area contributed by atoms with Crippen molar-refractivity contribution in [3.8, 4) is 16.5 Å². The lowest BCUT2D eigenvalue weighted by atomic mass is 10.0. The highest BCUT2D eigenvalue weighted by Gasteiger charge is 2.32. The Balaban J connectivity index is 1.64. The molecule has 1 amide bonds. The van der Waals surface area contributed by atoms with E-state index in [1.54, 1.807) is 6.92 Å². The number of benzene rings is 1. The zero-order valence-corrected chi connectivity index (χ0v) is 15.6. The van der Waals surface area contributed by atoms with Crippen molar-refractivity contribution in [3.63, 3.8) is 0 Å². The zero-order chi connectivity index (χ0) is 19.9. The molecule has 1 aliphatic rings. The molecule has 3 aromatic rings. The van der Waals surface area contributed by atoms with Crippen LogP contribution in [0.2, 0.25) is 0 Å². The number of ether oxygens (including phenoxy) is 1. The van der Waals surface area contributed by atoms with E-state index >= 15 is 0 Å². The van der Waals surface area contributed by atoms with Gasteiger partial charge in [-0.05, 0) is 55.0 Å². The van der Waals surface area contributed by atoms with Crippen molar-refractivity contribution in [3.05, 3.63) is 52.7 Å². The van der Waals surface area contributed by atoms with Crippen LogP contribution in [-0.4, -0.2) is 23.8 Å². The van der Waals surface area contributed by atoms with Crippen LogP contribution in [0.1, 0.15) is 28.2 Å². The van der Waals surface area contributed by atoms with Crippen LogP contribution in [0.4, 0.5) is 18.9 Å². The van der Waals surface area contributed by atoms with E-state index in [0.717, 1.165) is 4.88 Å². The van der Waals surface area contributed by atoms with Crippen LogP contribution in [0.25, 0.3) is 10.8 Å². The summed E-state index contributed by atoms with van der Waals surface area (Å²) in [5.41, 5.74) is 1.39. The quantitative estimate of drug-likeness (QED) is 0.598. The largest absolute Gasteiger partial charge is 0.573 e. The average Bonchev–Trinajstić information content (AvgIpc) is 3.28. The fraction of sp³-hybridized carbons (Fsp3) is 0.263. The minimum atomic E-state index is -4.76. The summed E-state index contributed by atoms with van der Waals surface area (Å²) in [5.74, 6) is 0.146. The molecule has 5 nitrogen and oxygen atoms in total. The van der Waals surface area contributed by atoms with E-state index in [0.29, 0.717) is 42.3 Å². The van der Waals surface area contributed by atoms with Crippen molar-refractivity contribution in [2.24, 2.45) is 0 Å². The Morgan fingerprint density at radius 3 is 2.86 bits per heavy atom. The monoisotopic (exact) mass is 408 g/mol. The molecule has 1 aromatic carbocycles. The highest BCUT2D eigenvalue weighted by molar-refractivity contribution is 7.13. The number of thiophene rings is 1. The molecule has 0 radical (unpaired) electrons. The molecule has 0 atom stereocenters. The van der Waals surface area contributed by atoms with Crippen molar-refractivity contribution >= 4 is 22.9 Å². The SMILES string of the molecule is Cc1oc(-c2cccs2)nc1C(=O)N1CCCc2cc(OC(F)(F)F)ccc21. The molecule has 1 aliphatic heterocycles. The van der Waals surface area contributed by atoms with Gasteiger partial charge in [0, 0.05) is 12.2 Å². The van der Waals surface area contributed by atoms with Crippen molar-refractivity contribution in [2.45, 2.75) is 26.1 Å². The van der Waals surface area contributed by atoms with Gasteiger partial charge >= 0.3 is 6.36 Å². The van der Waals surface area contributed by atoms with E-state index in [-0.39, 0.29) is 17.4 Å². The maximum atomic E-state index is 13.1. The van der Waals surface area contributed by atoms with E-state index in [2.05, 4.69) is 9.72 Å². The minimum absolute atomic E-state index is 0.201. The van der Waals surface area contributed by atoms with Gasteiger partial charge in [-0.1, -0.05) is 6.07 Å². The summed E-state index contributed by atoms with van der Waals surface area (Å²) in [6, 6.07) is 7.73. The van der Waals surface area contributed by atoms with E-state index in [1.807, 2.05) is 17.5 Å². The lowest BCUT2D eigenvalue weighted by Crippen LogP contribution is -2.36. The molecule has 0 unspecified atom stereocenters. The average molecular weight is 408 g/mol. The lowest BCUT2D eigenvalue weighted by Gasteiger charge is -2.29. The lowest BCUT2D eigenvalue weighted by molar-refractivity contribution is -0.274. The highest BCUT2D eigenvalue weighted by atomic mass is 32.1. The van der Waals surface area contributed by atoms with Crippen LogP contribution < -0.4 is 9.64 Å². The smallest absolute Gasteiger partial charge is 0.440 e. The van der Waals surface area contributed by atoms with Gasteiger partial charge in [0.25, 0.3) is 5.91 Å². The van der Waals surface area contributed by atoms with Crippen LogP contribution in [0, 0.1) is 6.92 Å². The van der Waals surface area contributed by atoms with Gasteiger partial charge in [0.15, 0.2) is 5.69 Å². The first-order valence-electron chi connectivity index (χ1n) is 8.53. The van der Waals surface area contributed by atoms with Crippen LogP contribution in [0.5, 0.6) is 5.75 Å². The molecule has 0 saturated carbocycles. The Morgan fingerprint density at radius 1 is 1.32 bits per heavy atom. The second-order valence-corrected chi connectivity index (χ2v) is 7.25. The normalized spacial score (nSPS) is 14.1. The van der Waals surface area contributed by atoms with Crippen LogP contribution in [0.15, 0.2) is 40.1 Å². The Morgan fingerprint density at radius 2 is 2.14 bits per heavy atom. The Kier molecular flexibility index (Phi) is 4.62. The third kappa shape index (κ3) is 3.62. The molecule has 0 spiro atoms. The number of halogens is 3. The summed E-state index contributed by atoms with van der Waals surface area (Å²) in [6.07, 6.45) is -3.57. The molecule has 9 heteroatoms. The van der Waals surface area contributed by atoms with Gasteiger partial charge in [-0.3, -0.25) is 4.79 Å². The van der Waals surface area contributed by atoms with Gasteiger partial charge in [0.1, 0.15) is 11.5 Å². The predicted molar refractivity (Wildman–Crippen MR) is 97.7 cm³/mol. The topological polar surface area (TPSA) is 55.6 Å². The number of rotatable bonds is 3. The summed E-state index contributed by atoms with van der Waals surface area (Å²) in [5, 5.41) is 1.89. The van der Waals surface area contributed by atoms with Gasteiger partial charge < -0.3 is 14.1 Å². The van der Waals surface area contributed by atoms with Crippen LogP contribution >= 0.6 is 11.3 Å². The van der Waals surface area contributed by atoms with Crippen molar-refractivity contribution in [1.29, 1.82) is 0 Å². The minimum Gasteiger partial charge on any atom is -0.440 e. The van der Waals surface area contributed by atoms with Crippen LogP contribution in [0.3, 0.4) is 0 Å². The summed E-state index contributed by atoms with van der Waals surface area (Å²) in [6.45, 7) is 2.12. The fourth-order valence-corrected chi connectivity index (χ4v) is 3.86. The molecule has 0 fully saturated rings. The Hall–Kier alpha value is -2.81. The molecule has 2 aromatic heterocycles. The molecular formula is C19H15F3N2O3S. The number of aryl methyl sites for hydroxylation is 2. The summed E-state index contributed by atoms with van der Waals surface area (Å²) >= 11 is 1.45. The Labute approximate surface area is 162 Å². The fourth-order valence-electron chi connectivity index (χ4n) is 3.21. The summed E-state index contributed by atoms with van der Waals surface area (Å²) in [7, 11) is 0.